The van der Waals surface area contributed by atoms with Gasteiger partial charge in [0.1, 0.15) is 0 Å². The Hall–Kier alpha value is -0.810. The molecule has 1 aromatic carbocycles. The fraction of sp³-hybridized carbons (Fsp3) is 0.357. The van der Waals surface area contributed by atoms with Crippen LogP contribution < -0.4 is 5.32 Å². The third-order valence-electron chi connectivity index (χ3n) is 3.30. The molecule has 102 valence electrons. The van der Waals surface area contributed by atoms with Gasteiger partial charge in [-0.15, -0.1) is 0 Å². The Kier molecular flexibility index (Phi) is 4.36. The van der Waals surface area contributed by atoms with Crippen molar-refractivity contribution in [2.75, 3.05) is 5.32 Å². The highest BCUT2D eigenvalue weighted by molar-refractivity contribution is 9.11. The molecule has 0 aliphatic rings. The van der Waals surface area contributed by atoms with Crippen molar-refractivity contribution in [1.29, 1.82) is 0 Å². The largest absolute Gasteiger partial charge is 0.377 e. The van der Waals surface area contributed by atoms with Crippen LogP contribution in [-0.2, 0) is 7.05 Å². The molecule has 2 aromatic rings. The molecule has 3 nitrogen and oxygen atoms in total. The summed E-state index contributed by atoms with van der Waals surface area (Å²) in [6.45, 7) is 6.31. The molecule has 19 heavy (non-hydrogen) atoms. The molecular formula is C14H17Br2N3. The lowest BCUT2D eigenvalue weighted by Crippen LogP contribution is -2.09. The maximum atomic E-state index is 4.47. The van der Waals surface area contributed by atoms with Gasteiger partial charge in [-0.25, -0.2) is 0 Å². The fourth-order valence-corrected chi connectivity index (χ4v) is 3.05. The minimum atomic E-state index is 0.208. The van der Waals surface area contributed by atoms with Crippen LogP contribution in [0.1, 0.15) is 29.9 Å². The lowest BCUT2D eigenvalue weighted by Gasteiger charge is -2.17. The van der Waals surface area contributed by atoms with E-state index in [1.54, 1.807) is 0 Å². The van der Waals surface area contributed by atoms with Crippen LogP contribution in [0, 0.1) is 13.8 Å². The number of nitrogens with zero attached hydrogens (tertiary/aromatic N) is 2. The van der Waals surface area contributed by atoms with Crippen LogP contribution in [0.4, 0.5) is 5.69 Å². The number of aromatic nitrogens is 2. The molecule has 2 rings (SSSR count). The Balaban J connectivity index is 2.30. The summed E-state index contributed by atoms with van der Waals surface area (Å²) in [7, 11) is 1.98. The van der Waals surface area contributed by atoms with E-state index in [2.05, 4.69) is 69.1 Å². The number of nitrogens with one attached hydrogen (secondary N) is 1. The van der Waals surface area contributed by atoms with Crippen LogP contribution in [0.3, 0.4) is 0 Å². The molecule has 1 unspecified atom stereocenters. The first-order valence-corrected chi connectivity index (χ1v) is 7.70. The van der Waals surface area contributed by atoms with Crippen LogP contribution in [0.5, 0.6) is 0 Å². The average Bonchev–Trinajstić information content (AvgIpc) is 2.58. The van der Waals surface area contributed by atoms with Crippen LogP contribution in [-0.4, -0.2) is 9.78 Å². The molecule has 0 aliphatic heterocycles. The number of aryl methyl sites for hydroxylation is 2. The molecule has 1 atom stereocenters. The molecule has 0 saturated heterocycles. The molecule has 1 N–H and O–H groups in total. The van der Waals surface area contributed by atoms with Gasteiger partial charge < -0.3 is 5.32 Å². The highest BCUT2D eigenvalue weighted by atomic mass is 79.9. The van der Waals surface area contributed by atoms with Crippen molar-refractivity contribution in [2.45, 2.75) is 26.8 Å². The Bertz CT molecular complexity index is 605. The molecule has 0 radical (unpaired) electrons. The SMILES string of the molecule is Cc1nn(C)c(C)c1C(C)Nc1cc(Br)ccc1Br. The van der Waals surface area contributed by atoms with E-state index in [1.807, 2.05) is 23.9 Å². The Morgan fingerprint density at radius 2 is 1.95 bits per heavy atom. The summed E-state index contributed by atoms with van der Waals surface area (Å²) in [5, 5.41) is 8.00. The summed E-state index contributed by atoms with van der Waals surface area (Å²) < 4.78 is 4.05. The molecule has 0 amide bonds. The number of anilines is 1. The van der Waals surface area contributed by atoms with E-state index in [9.17, 15) is 0 Å². The van der Waals surface area contributed by atoms with Gasteiger partial charge in [0.25, 0.3) is 0 Å². The van der Waals surface area contributed by atoms with E-state index in [-0.39, 0.29) is 6.04 Å². The monoisotopic (exact) mass is 385 g/mol. The Morgan fingerprint density at radius 3 is 2.53 bits per heavy atom. The van der Waals surface area contributed by atoms with E-state index in [0.29, 0.717) is 0 Å². The van der Waals surface area contributed by atoms with Gasteiger partial charge in [-0.05, 0) is 54.9 Å². The predicted molar refractivity (Wildman–Crippen MR) is 86.6 cm³/mol. The van der Waals surface area contributed by atoms with Crippen molar-refractivity contribution in [3.05, 3.63) is 44.1 Å². The molecule has 1 heterocycles. The number of benzene rings is 1. The number of rotatable bonds is 3. The van der Waals surface area contributed by atoms with Crippen LogP contribution >= 0.6 is 31.9 Å². The summed E-state index contributed by atoms with van der Waals surface area (Å²) in [6, 6.07) is 6.32. The van der Waals surface area contributed by atoms with Crippen LogP contribution in [0.15, 0.2) is 27.1 Å². The molecule has 0 saturated carbocycles. The number of hydrogen-bond donors (Lipinski definition) is 1. The minimum absolute atomic E-state index is 0.208. The molecule has 0 bridgehead atoms. The third kappa shape index (κ3) is 3.03. The summed E-state index contributed by atoms with van der Waals surface area (Å²) in [5.74, 6) is 0. The second kappa shape index (κ2) is 5.67. The standard InChI is InChI=1S/C14H17Br2N3/c1-8(14-9(2)18-19(4)10(14)3)17-13-7-11(15)5-6-12(13)16/h5-8,17H,1-4H3. The van der Waals surface area contributed by atoms with Crippen LogP contribution in [0.25, 0.3) is 0 Å². The molecular weight excluding hydrogens is 370 g/mol. The summed E-state index contributed by atoms with van der Waals surface area (Å²) in [5.41, 5.74) is 4.61. The molecule has 5 heteroatoms. The molecule has 1 aromatic heterocycles. The smallest absolute Gasteiger partial charge is 0.0649 e. The second-order valence-electron chi connectivity index (χ2n) is 4.70. The second-order valence-corrected chi connectivity index (χ2v) is 6.47. The van der Waals surface area contributed by atoms with E-state index in [0.717, 1.165) is 20.3 Å². The lowest BCUT2D eigenvalue weighted by molar-refractivity contribution is 0.728. The van der Waals surface area contributed by atoms with E-state index < -0.39 is 0 Å². The maximum Gasteiger partial charge on any atom is 0.0649 e. The van der Waals surface area contributed by atoms with Gasteiger partial charge in [-0.2, -0.15) is 5.10 Å². The predicted octanol–water partition coefficient (Wildman–Crippen LogP) is 4.74. The summed E-state index contributed by atoms with van der Waals surface area (Å²) in [6.07, 6.45) is 0. The molecule has 0 spiro atoms. The summed E-state index contributed by atoms with van der Waals surface area (Å²) >= 11 is 7.07. The van der Waals surface area contributed by atoms with Gasteiger partial charge in [-0.3, -0.25) is 4.68 Å². The van der Waals surface area contributed by atoms with Gasteiger partial charge in [0.15, 0.2) is 0 Å². The van der Waals surface area contributed by atoms with E-state index >= 15 is 0 Å². The van der Waals surface area contributed by atoms with Crippen molar-refractivity contribution in [2.24, 2.45) is 7.05 Å². The van der Waals surface area contributed by atoms with Crippen molar-refractivity contribution in [3.8, 4) is 0 Å². The maximum absolute atomic E-state index is 4.47. The first-order valence-electron chi connectivity index (χ1n) is 6.12. The van der Waals surface area contributed by atoms with Gasteiger partial charge in [0, 0.05) is 27.3 Å². The van der Waals surface area contributed by atoms with Gasteiger partial charge >= 0.3 is 0 Å². The normalized spacial score (nSPS) is 12.5. The fourth-order valence-electron chi connectivity index (χ4n) is 2.33. The Labute approximate surface area is 130 Å². The van der Waals surface area contributed by atoms with Gasteiger partial charge in [-0.1, -0.05) is 15.9 Å². The average molecular weight is 387 g/mol. The van der Waals surface area contributed by atoms with Gasteiger partial charge in [0.2, 0.25) is 0 Å². The molecule has 0 aliphatic carbocycles. The Morgan fingerprint density at radius 1 is 1.26 bits per heavy atom. The van der Waals surface area contributed by atoms with Crippen molar-refractivity contribution in [1.82, 2.24) is 9.78 Å². The topological polar surface area (TPSA) is 29.9 Å². The third-order valence-corrected chi connectivity index (χ3v) is 4.48. The van der Waals surface area contributed by atoms with Crippen molar-refractivity contribution in [3.63, 3.8) is 0 Å². The first-order chi connectivity index (χ1) is 8.90. The van der Waals surface area contributed by atoms with Crippen molar-refractivity contribution < 1.29 is 0 Å². The highest BCUT2D eigenvalue weighted by Gasteiger charge is 2.16. The number of hydrogen-bond acceptors (Lipinski definition) is 2. The minimum Gasteiger partial charge on any atom is -0.377 e. The van der Waals surface area contributed by atoms with E-state index in [4.69, 9.17) is 0 Å². The zero-order valence-corrected chi connectivity index (χ0v) is 14.6. The quantitative estimate of drug-likeness (QED) is 0.825. The van der Waals surface area contributed by atoms with Crippen LogP contribution in [0.2, 0.25) is 0 Å². The van der Waals surface area contributed by atoms with E-state index in [1.165, 1.54) is 11.3 Å². The first kappa shape index (κ1) is 14.6. The van der Waals surface area contributed by atoms with Crippen molar-refractivity contribution >= 4 is 37.5 Å². The zero-order valence-electron chi connectivity index (χ0n) is 11.5. The highest BCUT2D eigenvalue weighted by Crippen LogP contribution is 2.31. The van der Waals surface area contributed by atoms with Gasteiger partial charge in [0.05, 0.1) is 17.4 Å². The number of halogens is 2. The molecule has 0 fully saturated rings. The zero-order chi connectivity index (χ0) is 14.2. The lowest BCUT2D eigenvalue weighted by atomic mass is 10.1. The summed E-state index contributed by atoms with van der Waals surface area (Å²) in [4.78, 5) is 0.